The summed E-state index contributed by atoms with van der Waals surface area (Å²) in [6.45, 7) is 0.248. The van der Waals surface area contributed by atoms with Gasteiger partial charge in [-0.3, -0.25) is 4.31 Å². The molecule has 0 fully saturated rings. The van der Waals surface area contributed by atoms with Crippen molar-refractivity contribution in [2.24, 2.45) is 0 Å². The van der Waals surface area contributed by atoms with Crippen molar-refractivity contribution in [3.8, 4) is 11.1 Å². The first kappa shape index (κ1) is 21.4. The zero-order valence-electron chi connectivity index (χ0n) is 15.9. The summed E-state index contributed by atoms with van der Waals surface area (Å²) in [5.41, 5.74) is 2.35. The van der Waals surface area contributed by atoms with Gasteiger partial charge in [-0.1, -0.05) is 35.9 Å². The van der Waals surface area contributed by atoms with E-state index in [2.05, 4.69) is 0 Å². The van der Waals surface area contributed by atoms with E-state index in [1.165, 1.54) is 34.6 Å². The quantitative estimate of drug-likeness (QED) is 0.498. The molecule has 1 heterocycles. The predicted molar refractivity (Wildman–Crippen MR) is 114 cm³/mol. The van der Waals surface area contributed by atoms with Crippen molar-refractivity contribution in [3.63, 3.8) is 0 Å². The summed E-state index contributed by atoms with van der Waals surface area (Å²) < 4.78 is 65.9. The van der Waals surface area contributed by atoms with Crippen molar-refractivity contribution in [2.75, 3.05) is 10.8 Å². The van der Waals surface area contributed by atoms with E-state index in [1.807, 2.05) is 0 Å². The number of nitrogens with zero attached hydrogens (tertiary/aromatic N) is 1. The molecule has 4 rings (SSSR count). The Morgan fingerprint density at radius 2 is 1.65 bits per heavy atom. The van der Waals surface area contributed by atoms with Crippen LogP contribution in [0.25, 0.3) is 11.1 Å². The van der Waals surface area contributed by atoms with Crippen molar-refractivity contribution in [1.29, 1.82) is 5.41 Å². The Balaban J connectivity index is 1.66. The second-order valence-corrected chi connectivity index (χ2v) is 9.34. The third-order valence-electron chi connectivity index (χ3n) is 5.19. The molecule has 0 radical (unpaired) electrons. The lowest BCUT2D eigenvalue weighted by atomic mass is 10.0. The van der Waals surface area contributed by atoms with Crippen molar-refractivity contribution < 1.29 is 21.6 Å². The van der Waals surface area contributed by atoms with E-state index in [1.54, 1.807) is 18.2 Å². The van der Waals surface area contributed by atoms with Gasteiger partial charge in [0.2, 0.25) is 0 Å². The number of hydrogen-bond acceptors (Lipinski definition) is 3. The lowest BCUT2D eigenvalue weighted by Gasteiger charge is -2.20. The maximum atomic E-state index is 13.1. The van der Waals surface area contributed by atoms with Crippen molar-refractivity contribution in [3.05, 3.63) is 82.4 Å². The minimum Gasteiger partial charge on any atom is -0.308 e. The zero-order chi connectivity index (χ0) is 22.4. The Kier molecular flexibility index (Phi) is 5.31. The van der Waals surface area contributed by atoms with Crippen LogP contribution in [0.5, 0.6) is 0 Å². The van der Waals surface area contributed by atoms with Gasteiger partial charge in [0.05, 0.1) is 21.2 Å². The van der Waals surface area contributed by atoms with Crippen LogP contribution < -0.4 is 4.31 Å². The highest BCUT2D eigenvalue weighted by Crippen LogP contribution is 2.37. The van der Waals surface area contributed by atoms with Crippen molar-refractivity contribution in [1.82, 2.24) is 0 Å². The number of halogens is 4. The number of alkyl halides is 3. The molecule has 3 aromatic rings. The van der Waals surface area contributed by atoms with Gasteiger partial charge >= 0.3 is 6.18 Å². The average molecular weight is 465 g/mol. The van der Waals surface area contributed by atoms with Gasteiger partial charge in [0.25, 0.3) is 10.0 Å². The number of rotatable bonds is 4. The number of sulfonamides is 1. The highest BCUT2D eigenvalue weighted by atomic mass is 35.5. The summed E-state index contributed by atoms with van der Waals surface area (Å²) in [4.78, 5) is 0.0303. The topological polar surface area (TPSA) is 61.2 Å². The van der Waals surface area contributed by atoms with Gasteiger partial charge in [-0.2, -0.15) is 13.2 Å². The maximum absolute atomic E-state index is 13.1. The molecule has 0 aliphatic carbocycles. The monoisotopic (exact) mass is 464 g/mol. The first-order valence-corrected chi connectivity index (χ1v) is 11.1. The van der Waals surface area contributed by atoms with Crippen LogP contribution in [0.15, 0.2) is 65.6 Å². The summed E-state index contributed by atoms with van der Waals surface area (Å²) in [5, 5.41) is 7.46. The number of hydrogen-bond donors (Lipinski definition) is 1. The Hall–Kier alpha value is -2.84. The summed E-state index contributed by atoms with van der Waals surface area (Å²) in [6, 6.07) is 14.2. The molecule has 0 spiro atoms. The molecular weight excluding hydrogens is 449 g/mol. The van der Waals surface area contributed by atoms with E-state index in [0.29, 0.717) is 28.8 Å². The largest absolute Gasteiger partial charge is 0.416 e. The van der Waals surface area contributed by atoms with Crippen LogP contribution in [0.2, 0.25) is 5.02 Å². The van der Waals surface area contributed by atoms with E-state index in [4.69, 9.17) is 17.0 Å². The first-order valence-electron chi connectivity index (χ1n) is 9.24. The van der Waals surface area contributed by atoms with Gasteiger partial charge in [0, 0.05) is 18.3 Å². The number of nitrogens with one attached hydrogen (secondary N) is 1. The zero-order valence-corrected chi connectivity index (χ0v) is 17.5. The molecule has 0 atom stereocenters. The van der Waals surface area contributed by atoms with Gasteiger partial charge < -0.3 is 5.41 Å². The molecule has 3 aromatic carbocycles. The van der Waals surface area contributed by atoms with Crippen molar-refractivity contribution in [2.45, 2.75) is 17.5 Å². The smallest absolute Gasteiger partial charge is 0.308 e. The minimum atomic E-state index is -4.40. The molecule has 4 nitrogen and oxygen atoms in total. The Labute approximate surface area is 182 Å². The van der Waals surface area contributed by atoms with E-state index < -0.39 is 21.8 Å². The molecule has 0 aromatic heterocycles. The second kappa shape index (κ2) is 7.69. The van der Waals surface area contributed by atoms with Gasteiger partial charge in [-0.15, -0.1) is 0 Å². The fourth-order valence-corrected chi connectivity index (χ4v) is 5.39. The Morgan fingerprint density at radius 1 is 0.968 bits per heavy atom. The average Bonchev–Trinajstić information content (AvgIpc) is 3.17. The predicted octanol–water partition coefficient (Wildman–Crippen LogP) is 5.77. The Morgan fingerprint density at radius 3 is 2.26 bits per heavy atom. The molecule has 0 unspecified atom stereocenters. The SMILES string of the molecule is N=Cc1ccc(S(=O)(=O)N2CCc3cc(-c4ccc(C(F)(F)F)cc4)ccc32)cc1Cl. The minimum absolute atomic E-state index is 0.0303. The molecule has 160 valence electrons. The molecule has 0 amide bonds. The van der Waals surface area contributed by atoms with Gasteiger partial charge in [-0.05, 0) is 59.5 Å². The van der Waals surface area contributed by atoms with Crippen LogP contribution in [0.1, 0.15) is 16.7 Å². The molecule has 0 bridgehead atoms. The highest BCUT2D eigenvalue weighted by molar-refractivity contribution is 7.92. The summed E-state index contributed by atoms with van der Waals surface area (Å²) in [6.07, 6.45) is -2.87. The van der Waals surface area contributed by atoms with Gasteiger partial charge in [0.15, 0.2) is 0 Å². The van der Waals surface area contributed by atoms with E-state index >= 15 is 0 Å². The lowest BCUT2D eigenvalue weighted by molar-refractivity contribution is -0.137. The summed E-state index contributed by atoms with van der Waals surface area (Å²) in [7, 11) is -3.85. The molecule has 1 aliphatic heterocycles. The standard InChI is InChI=1S/C22H16ClF3N2O2S/c23-20-12-19(7-3-17(20)13-27)31(29,30)28-10-9-16-11-15(4-8-21(16)28)14-1-5-18(6-2-14)22(24,25)26/h1-8,11-13,27H,9-10H2. The molecule has 0 saturated carbocycles. The normalized spacial score (nSPS) is 13.9. The van der Waals surface area contributed by atoms with Crippen LogP contribution in [-0.2, 0) is 22.6 Å². The van der Waals surface area contributed by atoms with Crippen LogP contribution in [-0.4, -0.2) is 21.2 Å². The van der Waals surface area contributed by atoms with E-state index in [9.17, 15) is 21.6 Å². The summed E-state index contributed by atoms with van der Waals surface area (Å²) in [5.74, 6) is 0. The van der Waals surface area contributed by atoms with Crippen LogP contribution in [0.4, 0.5) is 18.9 Å². The number of fused-ring (bicyclic) bond motifs is 1. The van der Waals surface area contributed by atoms with Crippen LogP contribution in [0, 0.1) is 5.41 Å². The van der Waals surface area contributed by atoms with Gasteiger partial charge in [0.1, 0.15) is 0 Å². The molecular formula is C22H16ClF3N2O2S. The first-order chi connectivity index (χ1) is 14.6. The fourth-order valence-electron chi connectivity index (χ4n) is 3.56. The molecule has 1 aliphatic rings. The van der Waals surface area contributed by atoms with E-state index in [-0.39, 0.29) is 16.5 Å². The molecule has 31 heavy (non-hydrogen) atoms. The van der Waals surface area contributed by atoms with Crippen molar-refractivity contribution >= 4 is 33.5 Å². The number of anilines is 1. The highest BCUT2D eigenvalue weighted by Gasteiger charge is 2.32. The fraction of sp³-hybridized carbons (Fsp3) is 0.136. The molecule has 9 heteroatoms. The molecule has 1 N–H and O–H groups in total. The second-order valence-electron chi connectivity index (χ2n) is 7.07. The third kappa shape index (κ3) is 3.93. The van der Waals surface area contributed by atoms with E-state index in [0.717, 1.165) is 23.9 Å². The van der Waals surface area contributed by atoms with Crippen LogP contribution >= 0.6 is 11.6 Å². The maximum Gasteiger partial charge on any atom is 0.416 e. The van der Waals surface area contributed by atoms with Gasteiger partial charge in [-0.25, -0.2) is 8.42 Å². The third-order valence-corrected chi connectivity index (χ3v) is 7.33. The van der Waals surface area contributed by atoms with Crippen LogP contribution in [0.3, 0.4) is 0 Å². The Bertz CT molecular complexity index is 1270. The summed E-state index contributed by atoms with van der Waals surface area (Å²) >= 11 is 6.07. The molecule has 0 saturated heterocycles. The number of benzene rings is 3. The lowest BCUT2D eigenvalue weighted by Crippen LogP contribution is -2.29.